The minimum atomic E-state index is -0.223. The summed E-state index contributed by atoms with van der Waals surface area (Å²) in [6.45, 7) is 2.10. The second kappa shape index (κ2) is 5.96. The van der Waals surface area contributed by atoms with Gasteiger partial charge < -0.3 is 0 Å². The third-order valence-corrected chi connectivity index (χ3v) is 4.31. The Bertz CT molecular complexity index is 875. The van der Waals surface area contributed by atoms with E-state index in [0.29, 0.717) is 16.3 Å². The van der Waals surface area contributed by atoms with Gasteiger partial charge in [0.05, 0.1) is 21.8 Å². The van der Waals surface area contributed by atoms with Crippen LogP contribution in [0.15, 0.2) is 42.5 Å². The van der Waals surface area contributed by atoms with Gasteiger partial charge in [0, 0.05) is 5.56 Å². The number of hydrogen-bond acceptors (Lipinski definition) is 4. The molecule has 1 aromatic heterocycles. The molecule has 4 nitrogen and oxygen atoms in total. The third-order valence-electron chi connectivity index (χ3n) is 3.36. The maximum absolute atomic E-state index is 12.2. The number of aryl methyl sites for hydroxylation is 1. The molecule has 0 atom stereocenters. The van der Waals surface area contributed by atoms with Crippen LogP contribution >= 0.6 is 11.3 Å². The number of nitriles is 1. The molecule has 1 N–H and O–H groups in total. The molecule has 108 valence electrons. The van der Waals surface area contributed by atoms with Crippen LogP contribution in [0.5, 0.6) is 0 Å². The van der Waals surface area contributed by atoms with Crippen LogP contribution in [0.2, 0.25) is 0 Å². The van der Waals surface area contributed by atoms with Gasteiger partial charge in [-0.1, -0.05) is 24.3 Å². The van der Waals surface area contributed by atoms with Crippen molar-refractivity contribution in [3.63, 3.8) is 0 Å². The molecule has 2 aromatic carbocycles. The van der Waals surface area contributed by atoms with Crippen LogP contribution in [0.1, 0.15) is 28.4 Å². The van der Waals surface area contributed by atoms with Crippen molar-refractivity contribution in [3.05, 3.63) is 59.2 Å². The van der Waals surface area contributed by atoms with E-state index in [2.05, 4.69) is 23.3 Å². The van der Waals surface area contributed by atoms with Crippen molar-refractivity contribution in [2.24, 2.45) is 0 Å². The van der Waals surface area contributed by atoms with Crippen molar-refractivity contribution < 1.29 is 4.79 Å². The van der Waals surface area contributed by atoms with Crippen molar-refractivity contribution in [2.75, 3.05) is 5.32 Å². The summed E-state index contributed by atoms with van der Waals surface area (Å²) in [7, 11) is 0. The first kappa shape index (κ1) is 14.2. The maximum Gasteiger partial charge on any atom is 0.257 e. The molecule has 1 heterocycles. The average Bonchev–Trinajstić information content (AvgIpc) is 2.95. The molecule has 0 fully saturated rings. The highest BCUT2D eigenvalue weighted by atomic mass is 32.1. The van der Waals surface area contributed by atoms with E-state index in [4.69, 9.17) is 5.26 Å². The van der Waals surface area contributed by atoms with Gasteiger partial charge in [-0.3, -0.25) is 10.1 Å². The zero-order valence-electron chi connectivity index (χ0n) is 12.0. The molecule has 3 rings (SSSR count). The maximum atomic E-state index is 12.2. The van der Waals surface area contributed by atoms with Gasteiger partial charge in [-0.2, -0.15) is 5.26 Å². The molecule has 0 bridgehead atoms. The van der Waals surface area contributed by atoms with Gasteiger partial charge in [-0.25, -0.2) is 4.98 Å². The zero-order chi connectivity index (χ0) is 15.5. The SMILES string of the molecule is CCc1ccc2sc(NC(=O)c3ccc(C#N)cc3)nc2c1. The smallest absolute Gasteiger partial charge is 0.257 e. The number of carbonyl (C=O) groups is 1. The van der Waals surface area contributed by atoms with Crippen molar-refractivity contribution in [1.82, 2.24) is 4.98 Å². The third kappa shape index (κ3) is 2.83. The molecule has 0 aliphatic carbocycles. The van der Waals surface area contributed by atoms with Crippen molar-refractivity contribution in [2.45, 2.75) is 13.3 Å². The van der Waals surface area contributed by atoms with E-state index in [9.17, 15) is 4.79 Å². The molecule has 0 saturated heterocycles. The fourth-order valence-corrected chi connectivity index (χ4v) is 2.95. The summed E-state index contributed by atoms with van der Waals surface area (Å²) in [4.78, 5) is 16.6. The summed E-state index contributed by atoms with van der Waals surface area (Å²) in [5.74, 6) is -0.223. The van der Waals surface area contributed by atoms with Gasteiger partial charge >= 0.3 is 0 Å². The first-order valence-corrected chi connectivity index (χ1v) is 7.72. The fourth-order valence-electron chi connectivity index (χ4n) is 2.11. The van der Waals surface area contributed by atoms with Crippen molar-refractivity contribution in [1.29, 1.82) is 5.26 Å². The Hall–Kier alpha value is -2.71. The highest BCUT2D eigenvalue weighted by molar-refractivity contribution is 7.22. The van der Waals surface area contributed by atoms with Crippen molar-refractivity contribution >= 4 is 32.6 Å². The number of fused-ring (bicyclic) bond motifs is 1. The second-order valence-corrected chi connectivity index (χ2v) is 5.85. The Kier molecular flexibility index (Phi) is 3.86. The summed E-state index contributed by atoms with van der Waals surface area (Å²) < 4.78 is 1.05. The van der Waals surface area contributed by atoms with Gasteiger partial charge in [0.15, 0.2) is 5.13 Å². The molecule has 22 heavy (non-hydrogen) atoms. The summed E-state index contributed by atoms with van der Waals surface area (Å²) in [6, 6.07) is 14.7. The van der Waals surface area contributed by atoms with Crippen LogP contribution in [0, 0.1) is 11.3 Å². The first-order valence-electron chi connectivity index (χ1n) is 6.90. The molecular formula is C17H13N3OS. The standard InChI is InChI=1S/C17H13N3OS/c1-2-11-5-8-15-14(9-11)19-17(22-15)20-16(21)13-6-3-12(10-18)4-7-13/h3-9H,2H2,1H3,(H,19,20,21). The lowest BCUT2D eigenvalue weighted by Gasteiger charge is -2.01. The number of nitrogens with one attached hydrogen (secondary N) is 1. The number of anilines is 1. The Morgan fingerprint density at radius 3 is 2.73 bits per heavy atom. The number of benzene rings is 2. The molecule has 3 aromatic rings. The molecule has 0 saturated carbocycles. The number of amides is 1. The summed E-state index contributed by atoms with van der Waals surface area (Å²) in [5, 5.41) is 12.2. The molecule has 0 aliphatic heterocycles. The number of thiazole rings is 1. The van der Waals surface area contributed by atoms with E-state index < -0.39 is 0 Å². The Labute approximate surface area is 132 Å². The Morgan fingerprint density at radius 2 is 2.05 bits per heavy atom. The average molecular weight is 307 g/mol. The molecule has 0 spiro atoms. The predicted molar refractivity (Wildman–Crippen MR) is 88.1 cm³/mol. The lowest BCUT2D eigenvalue weighted by molar-refractivity contribution is 0.102. The van der Waals surface area contributed by atoms with Gasteiger partial charge in [-0.15, -0.1) is 0 Å². The highest BCUT2D eigenvalue weighted by Gasteiger charge is 2.10. The van der Waals surface area contributed by atoms with E-state index in [1.165, 1.54) is 16.9 Å². The van der Waals surface area contributed by atoms with Gasteiger partial charge in [-0.05, 0) is 48.4 Å². The lowest BCUT2D eigenvalue weighted by atomic mass is 10.1. The number of carbonyl (C=O) groups excluding carboxylic acids is 1. The van der Waals surface area contributed by atoms with E-state index in [1.54, 1.807) is 24.3 Å². The van der Waals surface area contributed by atoms with E-state index in [0.717, 1.165) is 16.6 Å². The van der Waals surface area contributed by atoms with Crippen LogP contribution in [0.3, 0.4) is 0 Å². The van der Waals surface area contributed by atoms with Crippen molar-refractivity contribution in [3.8, 4) is 6.07 Å². The molecule has 0 aliphatic rings. The van der Waals surface area contributed by atoms with E-state index >= 15 is 0 Å². The number of nitrogens with zero attached hydrogens (tertiary/aromatic N) is 2. The number of aromatic nitrogens is 1. The molecular weight excluding hydrogens is 294 g/mol. The highest BCUT2D eigenvalue weighted by Crippen LogP contribution is 2.27. The topological polar surface area (TPSA) is 65.8 Å². The predicted octanol–water partition coefficient (Wildman–Crippen LogP) is 3.98. The zero-order valence-corrected chi connectivity index (χ0v) is 12.8. The van der Waals surface area contributed by atoms with Crippen LogP contribution in [0.25, 0.3) is 10.2 Å². The van der Waals surface area contributed by atoms with E-state index in [1.807, 2.05) is 18.2 Å². The fraction of sp³-hybridized carbons (Fsp3) is 0.118. The van der Waals surface area contributed by atoms with E-state index in [-0.39, 0.29) is 5.91 Å². The van der Waals surface area contributed by atoms with Crippen LogP contribution in [-0.4, -0.2) is 10.9 Å². The summed E-state index contributed by atoms with van der Waals surface area (Å²) in [5.41, 5.74) is 3.17. The van der Waals surface area contributed by atoms with Gasteiger partial charge in [0.25, 0.3) is 5.91 Å². The quantitative estimate of drug-likeness (QED) is 0.796. The largest absolute Gasteiger partial charge is 0.298 e. The minimum Gasteiger partial charge on any atom is -0.298 e. The van der Waals surface area contributed by atoms with Crippen LogP contribution in [-0.2, 0) is 6.42 Å². The number of hydrogen-bond donors (Lipinski definition) is 1. The van der Waals surface area contributed by atoms with Crippen LogP contribution in [0.4, 0.5) is 5.13 Å². The Morgan fingerprint density at radius 1 is 1.27 bits per heavy atom. The van der Waals surface area contributed by atoms with Crippen LogP contribution < -0.4 is 5.32 Å². The summed E-state index contributed by atoms with van der Waals surface area (Å²) >= 11 is 1.45. The summed E-state index contributed by atoms with van der Waals surface area (Å²) in [6.07, 6.45) is 0.959. The number of rotatable bonds is 3. The van der Waals surface area contributed by atoms with Gasteiger partial charge in [0.2, 0.25) is 0 Å². The monoisotopic (exact) mass is 307 g/mol. The molecule has 5 heteroatoms. The molecule has 1 amide bonds. The minimum absolute atomic E-state index is 0.223. The second-order valence-electron chi connectivity index (χ2n) is 4.82. The lowest BCUT2D eigenvalue weighted by Crippen LogP contribution is -2.11. The normalized spacial score (nSPS) is 10.4. The Balaban J connectivity index is 1.82. The first-order chi connectivity index (χ1) is 10.7. The van der Waals surface area contributed by atoms with Gasteiger partial charge in [0.1, 0.15) is 0 Å². The molecule has 0 unspecified atom stereocenters. The molecule has 0 radical (unpaired) electrons.